The van der Waals surface area contributed by atoms with Gasteiger partial charge in [0.15, 0.2) is 8.38 Å². The molecule has 0 saturated carbocycles. The average molecular weight is 717 g/mol. The Balaban J connectivity index is 3.95. The third-order valence-corrected chi connectivity index (χ3v) is 12.6. The lowest BCUT2D eigenvalue weighted by Crippen LogP contribution is -2.37. The first-order chi connectivity index (χ1) is 23.4. The summed E-state index contributed by atoms with van der Waals surface area (Å²) in [5, 5.41) is 0. The zero-order valence-electron chi connectivity index (χ0n) is 33.9. The summed E-state index contributed by atoms with van der Waals surface area (Å²) in [6.07, 6.45) is 46.4. The maximum Gasteiger partial charge on any atom is 0.167 e. The van der Waals surface area contributed by atoms with Crippen molar-refractivity contribution in [3.05, 3.63) is 0 Å². The fraction of sp³-hybridized carbons (Fsp3) is 1.00. The number of nitrogens with zero attached hydrogens (tertiary/aromatic N) is 1. The van der Waals surface area contributed by atoms with Crippen LogP contribution in [-0.2, 0) is 4.52 Å². The molecular formula is C43H91NO2PS+. The Hall–Kier alpha value is 0.660. The summed E-state index contributed by atoms with van der Waals surface area (Å²) in [4.78, 5) is 10.5. The Morgan fingerprint density at radius 1 is 0.500 bits per heavy atom. The monoisotopic (exact) mass is 717 g/mol. The molecule has 290 valence electrons. The molecule has 0 rings (SSSR count). The van der Waals surface area contributed by atoms with Crippen molar-refractivity contribution in [2.45, 2.75) is 219 Å². The maximum atomic E-state index is 10.5. The molecule has 0 amide bonds. The molecule has 5 heteroatoms. The lowest BCUT2D eigenvalue weighted by Gasteiger charge is -2.24. The fourth-order valence-electron chi connectivity index (χ4n) is 6.72. The van der Waals surface area contributed by atoms with Crippen molar-refractivity contribution in [1.29, 1.82) is 0 Å². The zero-order valence-corrected chi connectivity index (χ0v) is 35.6. The van der Waals surface area contributed by atoms with E-state index < -0.39 is 8.38 Å². The van der Waals surface area contributed by atoms with Gasteiger partial charge < -0.3 is 13.9 Å². The summed E-state index contributed by atoms with van der Waals surface area (Å²) in [7, 11) is 5.30. The molecule has 0 aromatic heterocycles. The molecule has 0 fully saturated rings. The topological polar surface area (TPSA) is 29.5 Å². The molecule has 0 aromatic rings. The van der Waals surface area contributed by atoms with Gasteiger partial charge in [-0.25, -0.2) is 0 Å². The molecule has 2 atom stereocenters. The quantitative estimate of drug-likeness (QED) is 0.0388. The summed E-state index contributed by atoms with van der Waals surface area (Å²) in [5.74, 6) is 3.34. The zero-order chi connectivity index (χ0) is 35.2. The molecule has 0 aliphatic heterocycles. The smallest absolute Gasteiger partial charge is 0.167 e. The molecule has 0 aliphatic rings. The van der Waals surface area contributed by atoms with E-state index >= 15 is 0 Å². The van der Waals surface area contributed by atoms with Crippen LogP contribution in [0.3, 0.4) is 0 Å². The van der Waals surface area contributed by atoms with Gasteiger partial charge in [-0.3, -0.25) is 0 Å². The Kier molecular flexibility index (Phi) is 39.4. The second-order valence-corrected chi connectivity index (χ2v) is 18.9. The number of thioether (sulfide) groups is 1. The van der Waals surface area contributed by atoms with Crippen molar-refractivity contribution in [1.82, 2.24) is 0 Å². The lowest BCUT2D eigenvalue weighted by molar-refractivity contribution is -0.870. The first-order valence-electron chi connectivity index (χ1n) is 21.9. The van der Waals surface area contributed by atoms with Crippen LogP contribution >= 0.6 is 20.1 Å². The van der Waals surface area contributed by atoms with Gasteiger partial charge in [-0.05, 0) is 36.7 Å². The Bertz CT molecular complexity index is 566. The van der Waals surface area contributed by atoms with E-state index in [2.05, 4.69) is 46.8 Å². The van der Waals surface area contributed by atoms with Crippen LogP contribution in [0.25, 0.3) is 0 Å². The van der Waals surface area contributed by atoms with Crippen LogP contribution in [0.15, 0.2) is 0 Å². The molecule has 0 bridgehead atoms. The van der Waals surface area contributed by atoms with Crippen LogP contribution in [0.5, 0.6) is 0 Å². The first-order valence-corrected chi connectivity index (χ1v) is 24.4. The van der Waals surface area contributed by atoms with Crippen molar-refractivity contribution in [2.75, 3.05) is 52.0 Å². The summed E-state index contributed by atoms with van der Waals surface area (Å²) in [5.41, 5.74) is 0. The minimum absolute atomic E-state index is 0.670. The van der Waals surface area contributed by atoms with E-state index in [1.165, 1.54) is 211 Å². The van der Waals surface area contributed by atoms with E-state index in [1.54, 1.807) is 0 Å². The highest BCUT2D eigenvalue weighted by Gasteiger charge is 2.15. The Labute approximate surface area is 310 Å². The fourth-order valence-corrected chi connectivity index (χ4v) is 8.97. The van der Waals surface area contributed by atoms with E-state index in [4.69, 9.17) is 4.52 Å². The lowest BCUT2D eigenvalue weighted by atomic mass is 9.99. The molecule has 0 saturated heterocycles. The summed E-state index contributed by atoms with van der Waals surface area (Å²) in [6, 6.07) is 0. The van der Waals surface area contributed by atoms with Gasteiger partial charge in [0.1, 0.15) is 13.2 Å². The summed E-state index contributed by atoms with van der Waals surface area (Å²) >= 11 is 2.19. The van der Waals surface area contributed by atoms with Gasteiger partial charge in [-0.2, -0.15) is 11.8 Å². The van der Waals surface area contributed by atoms with E-state index in [0.717, 1.165) is 29.5 Å². The van der Waals surface area contributed by atoms with Crippen molar-refractivity contribution >= 4 is 20.1 Å². The van der Waals surface area contributed by atoms with Crippen molar-refractivity contribution in [2.24, 2.45) is 5.92 Å². The van der Waals surface area contributed by atoms with Gasteiger partial charge in [-0.1, -0.05) is 200 Å². The molecule has 0 aliphatic carbocycles. The second kappa shape index (κ2) is 38.9. The number of unbranched alkanes of at least 4 members (excludes halogenated alkanes) is 28. The number of likely N-dealkylation sites (N-methyl/N-ethyl adjacent to an activating group) is 1. The van der Waals surface area contributed by atoms with E-state index in [1.807, 2.05) is 0 Å². The van der Waals surface area contributed by atoms with Gasteiger partial charge in [0.2, 0.25) is 0 Å². The van der Waals surface area contributed by atoms with Crippen LogP contribution in [-0.4, -0.2) is 61.3 Å². The average Bonchev–Trinajstić information content (AvgIpc) is 3.05. The molecule has 0 spiro atoms. The van der Waals surface area contributed by atoms with Gasteiger partial charge in [-0.15, -0.1) is 0 Å². The van der Waals surface area contributed by atoms with E-state index in [9.17, 15) is 4.89 Å². The molecule has 1 N–H and O–H groups in total. The molecular weight excluding hydrogens is 626 g/mol. The van der Waals surface area contributed by atoms with Crippen molar-refractivity contribution in [3.8, 4) is 0 Å². The van der Waals surface area contributed by atoms with Crippen LogP contribution in [0.4, 0.5) is 0 Å². The minimum Gasteiger partial charge on any atom is -0.350 e. The molecule has 0 aromatic carbocycles. The predicted octanol–water partition coefficient (Wildman–Crippen LogP) is 14.9. The molecule has 0 radical (unpaired) electrons. The standard InChI is InChI=1S/C43H91NO2PS/c1-6-8-10-12-14-16-18-20-22-23-24-26-28-30-32-34-36-43(37-40-47(45)46-39-38-44(3,4)5)42-48-41-35-33-31-29-27-25-21-19-17-15-13-11-9-7-2/h43,45H,6-42H2,1-5H3/q+1. The predicted molar refractivity (Wildman–Crippen MR) is 223 cm³/mol. The van der Waals surface area contributed by atoms with Crippen LogP contribution in [0.1, 0.15) is 219 Å². The number of hydrogen-bond donors (Lipinski definition) is 1. The van der Waals surface area contributed by atoms with Gasteiger partial charge in [0.05, 0.1) is 21.1 Å². The highest BCUT2D eigenvalue weighted by Crippen LogP contribution is 2.35. The third kappa shape index (κ3) is 41.1. The van der Waals surface area contributed by atoms with Crippen molar-refractivity contribution in [3.63, 3.8) is 0 Å². The largest absolute Gasteiger partial charge is 0.350 e. The molecule has 2 unspecified atom stereocenters. The van der Waals surface area contributed by atoms with Crippen LogP contribution < -0.4 is 0 Å². The maximum absolute atomic E-state index is 10.5. The van der Waals surface area contributed by atoms with Crippen LogP contribution in [0, 0.1) is 5.92 Å². The van der Waals surface area contributed by atoms with E-state index in [0.29, 0.717) is 6.61 Å². The molecule has 0 heterocycles. The normalized spacial score (nSPS) is 13.4. The number of quaternary nitrogens is 1. The number of hydrogen-bond acceptors (Lipinski definition) is 3. The highest BCUT2D eigenvalue weighted by atomic mass is 32.2. The molecule has 48 heavy (non-hydrogen) atoms. The van der Waals surface area contributed by atoms with Crippen LogP contribution in [0.2, 0.25) is 0 Å². The van der Waals surface area contributed by atoms with E-state index in [-0.39, 0.29) is 0 Å². The SMILES string of the molecule is CCCCCCCCCCCCCCCCCCC(CCP(O)OCC[N+](C)(C)C)CSCCCCCCCCCCCCCCCC. The number of rotatable bonds is 41. The van der Waals surface area contributed by atoms with Gasteiger partial charge >= 0.3 is 0 Å². The van der Waals surface area contributed by atoms with Gasteiger partial charge in [0.25, 0.3) is 0 Å². The second-order valence-electron chi connectivity index (χ2n) is 16.3. The van der Waals surface area contributed by atoms with Gasteiger partial charge in [0, 0.05) is 6.16 Å². The minimum atomic E-state index is -1.26. The third-order valence-electron chi connectivity index (χ3n) is 10.2. The first kappa shape index (κ1) is 48.7. The van der Waals surface area contributed by atoms with Crippen molar-refractivity contribution < 1.29 is 13.9 Å². The summed E-state index contributed by atoms with van der Waals surface area (Å²) < 4.78 is 6.73. The highest BCUT2D eigenvalue weighted by molar-refractivity contribution is 7.99. The molecule has 3 nitrogen and oxygen atoms in total. The summed E-state index contributed by atoms with van der Waals surface area (Å²) in [6.45, 7) is 6.23. The Morgan fingerprint density at radius 2 is 0.854 bits per heavy atom. The Morgan fingerprint density at radius 3 is 1.23 bits per heavy atom.